The van der Waals surface area contributed by atoms with E-state index in [1.807, 2.05) is 53.4 Å². The highest BCUT2D eigenvalue weighted by Gasteiger charge is 2.19. The van der Waals surface area contributed by atoms with Gasteiger partial charge in [0.25, 0.3) is 0 Å². The van der Waals surface area contributed by atoms with E-state index in [0.717, 1.165) is 41.9 Å². The van der Waals surface area contributed by atoms with Gasteiger partial charge in [-0.05, 0) is 36.6 Å². The normalized spacial score (nSPS) is 14.5. The van der Waals surface area contributed by atoms with E-state index >= 15 is 0 Å². The van der Waals surface area contributed by atoms with Gasteiger partial charge >= 0.3 is 0 Å². The zero-order valence-corrected chi connectivity index (χ0v) is 18.4. The molecule has 0 saturated carbocycles. The number of aliphatic imine (C=N–C) groups is 1. The SMILES string of the molecule is COCc1ccccc1NC(N)=NCc1ccc(N2CCCCC2=O)cc1.I. The molecule has 2 aromatic rings. The summed E-state index contributed by atoms with van der Waals surface area (Å²) in [6.07, 6.45) is 2.69. The largest absolute Gasteiger partial charge is 0.380 e. The summed E-state index contributed by atoms with van der Waals surface area (Å²) in [5, 5.41) is 3.13. The fraction of sp³-hybridized carbons (Fsp3) is 0.333. The maximum Gasteiger partial charge on any atom is 0.226 e. The van der Waals surface area contributed by atoms with Crippen LogP contribution in [0.5, 0.6) is 0 Å². The van der Waals surface area contributed by atoms with Gasteiger partial charge in [0.05, 0.1) is 13.2 Å². The lowest BCUT2D eigenvalue weighted by molar-refractivity contribution is -0.119. The number of hydrogen-bond acceptors (Lipinski definition) is 3. The molecule has 7 heteroatoms. The molecular weight excluding hydrogens is 467 g/mol. The van der Waals surface area contributed by atoms with Crippen molar-refractivity contribution in [2.75, 3.05) is 23.9 Å². The van der Waals surface area contributed by atoms with Crippen LogP contribution in [0.15, 0.2) is 53.5 Å². The molecule has 0 radical (unpaired) electrons. The number of benzene rings is 2. The molecule has 1 heterocycles. The Morgan fingerprint density at radius 3 is 2.64 bits per heavy atom. The fourth-order valence-electron chi connectivity index (χ4n) is 3.14. The number of anilines is 2. The van der Waals surface area contributed by atoms with Crippen LogP contribution >= 0.6 is 24.0 Å². The predicted octanol–water partition coefficient (Wildman–Crippen LogP) is 3.89. The maximum absolute atomic E-state index is 12.0. The molecule has 6 nitrogen and oxygen atoms in total. The van der Waals surface area contributed by atoms with Gasteiger partial charge < -0.3 is 20.7 Å². The number of carbonyl (C=O) groups excluding carboxylic acids is 1. The van der Waals surface area contributed by atoms with Gasteiger partial charge in [0, 0.05) is 37.0 Å². The van der Waals surface area contributed by atoms with Crippen LogP contribution in [0.2, 0.25) is 0 Å². The second-order valence-electron chi connectivity index (χ2n) is 6.59. The molecule has 150 valence electrons. The Morgan fingerprint density at radius 2 is 1.93 bits per heavy atom. The van der Waals surface area contributed by atoms with Crippen molar-refractivity contribution in [3.8, 4) is 0 Å². The molecule has 1 saturated heterocycles. The number of carbonyl (C=O) groups is 1. The summed E-state index contributed by atoms with van der Waals surface area (Å²) in [6.45, 7) is 1.78. The number of hydrogen-bond donors (Lipinski definition) is 2. The first-order valence-corrected chi connectivity index (χ1v) is 9.20. The second-order valence-corrected chi connectivity index (χ2v) is 6.59. The van der Waals surface area contributed by atoms with E-state index in [1.165, 1.54) is 0 Å². The molecule has 2 aromatic carbocycles. The predicted molar refractivity (Wildman–Crippen MR) is 124 cm³/mol. The first-order valence-electron chi connectivity index (χ1n) is 9.20. The molecule has 1 aliphatic heterocycles. The number of amides is 1. The fourth-order valence-corrected chi connectivity index (χ4v) is 3.14. The van der Waals surface area contributed by atoms with Crippen molar-refractivity contribution in [2.24, 2.45) is 10.7 Å². The van der Waals surface area contributed by atoms with Crippen LogP contribution in [0.3, 0.4) is 0 Å². The zero-order valence-electron chi connectivity index (χ0n) is 16.1. The second kappa shape index (κ2) is 11.0. The lowest BCUT2D eigenvalue weighted by atomic mass is 10.1. The number of methoxy groups -OCH3 is 1. The van der Waals surface area contributed by atoms with E-state index in [9.17, 15) is 4.79 Å². The van der Waals surface area contributed by atoms with Crippen LogP contribution in [0, 0.1) is 0 Å². The Bertz CT molecular complexity index is 808. The molecule has 3 N–H and O–H groups in total. The molecule has 0 aliphatic carbocycles. The number of piperidine rings is 1. The third-order valence-corrected chi connectivity index (χ3v) is 4.58. The van der Waals surface area contributed by atoms with Crippen LogP contribution < -0.4 is 16.0 Å². The van der Waals surface area contributed by atoms with Crippen molar-refractivity contribution in [1.29, 1.82) is 0 Å². The number of rotatable bonds is 6. The standard InChI is InChI=1S/C21H26N4O2.HI/c1-27-15-17-6-2-3-7-19(17)24-21(22)23-14-16-9-11-18(12-10-16)25-13-5-4-8-20(25)26;/h2-3,6-7,9-12H,4-5,8,13-15H2,1H3,(H3,22,23,24);1H. The smallest absolute Gasteiger partial charge is 0.226 e. The summed E-state index contributed by atoms with van der Waals surface area (Å²) in [5.74, 6) is 0.559. The van der Waals surface area contributed by atoms with Gasteiger partial charge in [-0.1, -0.05) is 30.3 Å². The van der Waals surface area contributed by atoms with Crippen molar-refractivity contribution in [2.45, 2.75) is 32.4 Å². The van der Waals surface area contributed by atoms with Gasteiger partial charge in [0.15, 0.2) is 5.96 Å². The summed E-state index contributed by atoms with van der Waals surface area (Å²) < 4.78 is 5.20. The van der Waals surface area contributed by atoms with Gasteiger partial charge in [-0.25, -0.2) is 4.99 Å². The minimum atomic E-state index is 0. The van der Waals surface area contributed by atoms with Crippen molar-refractivity contribution < 1.29 is 9.53 Å². The molecule has 1 amide bonds. The zero-order chi connectivity index (χ0) is 19.1. The average Bonchev–Trinajstić information content (AvgIpc) is 2.69. The van der Waals surface area contributed by atoms with Crippen LogP contribution in [0.1, 0.15) is 30.4 Å². The lowest BCUT2D eigenvalue weighted by Gasteiger charge is -2.26. The summed E-state index contributed by atoms with van der Waals surface area (Å²) >= 11 is 0. The molecule has 0 aromatic heterocycles. The topological polar surface area (TPSA) is 80.0 Å². The minimum Gasteiger partial charge on any atom is -0.380 e. The Hall–Kier alpha value is -2.13. The van der Waals surface area contributed by atoms with Gasteiger partial charge in [-0.15, -0.1) is 24.0 Å². The molecule has 0 unspecified atom stereocenters. The summed E-state index contributed by atoms with van der Waals surface area (Å²) in [5.41, 5.74) is 9.93. The van der Waals surface area contributed by atoms with Crippen LogP contribution in [0.4, 0.5) is 11.4 Å². The average molecular weight is 494 g/mol. The first kappa shape index (κ1) is 22.2. The Morgan fingerprint density at radius 1 is 1.18 bits per heavy atom. The molecule has 0 bridgehead atoms. The van der Waals surface area contributed by atoms with Gasteiger partial charge in [-0.2, -0.15) is 0 Å². The quantitative estimate of drug-likeness (QED) is 0.363. The monoisotopic (exact) mass is 494 g/mol. The van der Waals surface area contributed by atoms with Crippen LogP contribution in [-0.4, -0.2) is 25.5 Å². The summed E-state index contributed by atoms with van der Waals surface area (Å²) in [6, 6.07) is 15.8. The number of guanidine groups is 1. The number of nitrogens with one attached hydrogen (secondary N) is 1. The van der Waals surface area contributed by atoms with E-state index < -0.39 is 0 Å². The van der Waals surface area contributed by atoms with Crippen LogP contribution in [-0.2, 0) is 22.7 Å². The van der Waals surface area contributed by atoms with E-state index in [4.69, 9.17) is 10.5 Å². The van der Waals surface area contributed by atoms with Gasteiger partial charge in [0.2, 0.25) is 5.91 Å². The summed E-state index contributed by atoms with van der Waals surface area (Å²) in [7, 11) is 1.66. The third-order valence-electron chi connectivity index (χ3n) is 4.58. The number of nitrogens with two attached hydrogens (primary N) is 1. The highest BCUT2D eigenvalue weighted by atomic mass is 127. The number of ether oxygens (including phenoxy) is 1. The van der Waals surface area contributed by atoms with E-state index in [-0.39, 0.29) is 29.9 Å². The van der Waals surface area contributed by atoms with E-state index in [2.05, 4.69) is 10.3 Å². The molecule has 0 atom stereocenters. The van der Waals surface area contributed by atoms with Gasteiger partial charge in [0.1, 0.15) is 0 Å². The van der Waals surface area contributed by atoms with E-state index in [1.54, 1.807) is 7.11 Å². The number of nitrogens with zero attached hydrogens (tertiary/aromatic N) is 2. The van der Waals surface area contributed by atoms with Crippen molar-refractivity contribution in [3.63, 3.8) is 0 Å². The molecular formula is C21H27IN4O2. The van der Waals surface area contributed by atoms with Crippen molar-refractivity contribution >= 4 is 47.2 Å². The highest BCUT2D eigenvalue weighted by molar-refractivity contribution is 14.0. The molecule has 0 spiro atoms. The van der Waals surface area contributed by atoms with E-state index in [0.29, 0.717) is 25.5 Å². The Labute approximate surface area is 183 Å². The van der Waals surface area contributed by atoms with Crippen molar-refractivity contribution in [1.82, 2.24) is 0 Å². The number of halogens is 1. The Balaban J connectivity index is 0.00000280. The van der Waals surface area contributed by atoms with Crippen LogP contribution in [0.25, 0.3) is 0 Å². The molecule has 28 heavy (non-hydrogen) atoms. The molecule has 3 rings (SSSR count). The first-order chi connectivity index (χ1) is 13.2. The lowest BCUT2D eigenvalue weighted by Crippen LogP contribution is -2.35. The highest BCUT2D eigenvalue weighted by Crippen LogP contribution is 2.21. The van der Waals surface area contributed by atoms with Gasteiger partial charge in [-0.3, -0.25) is 4.79 Å². The van der Waals surface area contributed by atoms with Crippen molar-refractivity contribution in [3.05, 3.63) is 59.7 Å². The maximum atomic E-state index is 12.0. The number of para-hydroxylation sites is 1. The Kier molecular flexibility index (Phi) is 8.72. The third kappa shape index (κ3) is 5.93. The summed E-state index contributed by atoms with van der Waals surface area (Å²) in [4.78, 5) is 18.3. The molecule has 1 aliphatic rings. The molecule has 1 fully saturated rings. The minimum absolute atomic E-state index is 0.